The summed E-state index contributed by atoms with van der Waals surface area (Å²) in [6.07, 6.45) is -2.31. The van der Waals surface area contributed by atoms with Gasteiger partial charge in [-0.15, -0.1) is 0 Å². The molecular weight excluding hydrogens is 535 g/mol. The van der Waals surface area contributed by atoms with Gasteiger partial charge in [0, 0.05) is 45.0 Å². The van der Waals surface area contributed by atoms with E-state index >= 15 is 0 Å². The number of para-hydroxylation sites is 1. The van der Waals surface area contributed by atoms with E-state index in [4.69, 9.17) is 14.2 Å². The van der Waals surface area contributed by atoms with Crippen molar-refractivity contribution in [1.82, 2.24) is 9.47 Å². The molecule has 3 atom stereocenters. The summed E-state index contributed by atoms with van der Waals surface area (Å²) in [6, 6.07) is 15.3. The minimum atomic E-state index is -4.50. The second-order valence-corrected chi connectivity index (χ2v) is 17.7. The van der Waals surface area contributed by atoms with Crippen molar-refractivity contribution < 1.29 is 27.4 Å². The molecule has 0 aliphatic carbocycles. The molecule has 1 N–H and O–H groups in total. The summed E-state index contributed by atoms with van der Waals surface area (Å²) in [4.78, 5) is 2.39. The molecule has 218 valence electrons. The average Bonchev–Trinajstić information content (AvgIpc) is 3.31. The topological polar surface area (TPSA) is 47.9 Å². The molecule has 0 unspecified atom stereocenters. The van der Waals surface area contributed by atoms with Gasteiger partial charge in [0.15, 0.2) is 0 Å². The fourth-order valence-corrected chi connectivity index (χ4v) is 6.54. The summed E-state index contributed by atoms with van der Waals surface area (Å²) in [5.74, 6) is 0.799. The monoisotopic (exact) mass is 575 g/mol. The first-order valence-electron chi connectivity index (χ1n) is 14.1. The van der Waals surface area contributed by atoms with Crippen LogP contribution in [-0.2, 0) is 22.4 Å². The molecule has 3 aromatic rings. The zero-order chi connectivity index (χ0) is 28.5. The van der Waals surface area contributed by atoms with Crippen molar-refractivity contribution in [1.29, 1.82) is 0 Å². The van der Waals surface area contributed by atoms with Crippen molar-refractivity contribution in [2.24, 2.45) is 0 Å². The lowest BCUT2D eigenvalue weighted by Gasteiger charge is -2.44. The number of anilines is 1. The summed E-state index contributed by atoms with van der Waals surface area (Å²) in [5, 5.41) is 4.19. The number of nitrogens with one attached hydrogen (secondary N) is 1. The number of methoxy groups -OCH3 is 1. The van der Waals surface area contributed by atoms with Gasteiger partial charge in [0.05, 0.1) is 23.7 Å². The van der Waals surface area contributed by atoms with Gasteiger partial charge in [0.25, 0.3) is 0 Å². The number of benzene rings is 2. The summed E-state index contributed by atoms with van der Waals surface area (Å²) >= 11 is 0. The van der Waals surface area contributed by atoms with E-state index < -0.39 is 19.9 Å². The van der Waals surface area contributed by atoms with Crippen LogP contribution < -0.4 is 10.1 Å². The molecule has 10 heteroatoms. The van der Waals surface area contributed by atoms with Crippen LogP contribution in [0.25, 0.3) is 10.9 Å². The number of hydrogen-bond acceptors (Lipinski definition) is 5. The van der Waals surface area contributed by atoms with E-state index in [0.717, 1.165) is 43.3 Å². The average molecular weight is 576 g/mol. The summed E-state index contributed by atoms with van der Waals surface area (Å²) < 4.78 is 61.6. The van der Waals surface area contributed by atoms with E-state index in [1.165, 1.54) is 10.6 Å². The van der Waals surface area contributed by atoms with Gasteiger partial charge in [0.1, 0.15) is 24.8 Å². The Hall–Kier alpha value is -2.53. The molecule has 2 aliphatic rings. The molecule has 0 bridgehead atoms. The molecule has 5 rings (SSSR count). The SMILES string of the molecule is CO[C@H]1CCCN([C@H]2COc3ccccc3[C@@H]2Nc2cccc3c2cc(C(F)(F)F)n3COCC[Si](C)(C)C)C1. The molecule has 3 heterocycles. The third kappa shape index (κ3) is 6.35. The van der Waals surface area contributed by atoms with Crippen LogP contribution in [-0.4, -0.2) is 63.1 Å². The Balaban J connectivity index is 1.49. The van der Waals surface area contributed by atoms with Gasteiger partial charge in [-0.25, -0.2) is 0 Å². The molecule has 0 amide bonds. The second kappa shape index (κ2) is 11.8. The Kier molecular flexibility index (Phi) is 8.52. The number of nitrogens with zero attached hydrogens (tertiary/aromatic N) is 2. The van der Waals surface area contributed by atoms with Crippen LogP contribution in [0, 0.1) is 0 Å². The van der Waals surface area contributed by atoms with Crippen molar-refractivity contribution in [2.75, 3.05) is 38.7 Å². The van der Waals surface area contributed by atoms with Crippen molar-refractivity contribution in [3.63, 3.8) is 0 Å². The summed E-state index contributed by atoms with van der Waals surface area (Å²) in [5.41, 5.74) is 1.46. The van der Waals surface area contributed by atoms with Crippen molar-refractivity contribution in [3.05, 3.63) is 59.8 Å². The molecule has 6 nitrogen and oxygen atoms in total. The van der Waals surface area contributed by atoms with Crippen LogP contribution in [0.5, 0.6) is 5.75 Å². The van der Waals surface area contributed by atoms with E-state index in [9.17, 15) is 13.2 Å². The second-order valence-electron chi connectivity index (χ2n) is 12.1. The summed E-state index contributed by atoms with van der Waals surface area (Å²) in [7, 11) is 0.382. The first-order chi connectivity index (χ1) is 19.0. The molecule has 2 aliphatic heterocycles. The number of fused-ring (bicyclic) bond motifs is 2. The van der Waals surface area contributed by atoms with Crippen LogP contribution in [0.15, 0.2) is 48.5 Å². The Labute approximate surface area is 235 Å². The molecule has 1 aromatic heterocycles. The highest BCUT2D eigenvalue weighted by Gasteiger charge is 2.39. The van der Waals surface area contributed by atoms with Crippen LogP contribution in [0.2, 0.25) is 25.7 Å². The fraction of sp³-hybridized carbons (Fsp3) is 0.533. The Morgan fingerprint density at radius 2 is 1.90 bits per heavy atom. The predicted molar refractivity (Wildman–Crippen MR) is 155 cm³/mol. The smallest absolute Gasteiger partial charge is 0.431 e. The van der Waals surface area contributed by atoms with E-state index in [0.29, 0.717) is 29.8 Å². The minimum absolute atomic E-state index is 0.00261. The molecule has 0 radical (unpaired) electrons. The van der Waals surface area contributed by atoms with Gasteiger partial charge in [-0.05, 0) is 49.7 Å². The number of hydrogen-bond donors (Lipinski definition) is 1. The molecule has 0 spiro atoms. The number of alkyl halides is 3. The van der Waals surface area contributed by atoms with Crippen molar-refractivity contribution in [3.8, 4) is 5.75 Å². The third-order valence-corrected chi connectivity index (χ3v) is 9.73. The fourth-order valence-electron chi connectivity index (χ4n) is 5.78. The zero-order valence-corrected chi connectivity index (χ0v) is 24.8. The van der Waals surface area contributed by atoms with Crippen LogP contribution in [0.4, 0.5) is 18.9 Å². The van der Waals surface area contributed by atoms with Crippen LogP contribution in [0.1, 0.15) is 30.1 Å². The van der Waals surface area contributed by atoms with Gasteiger partial charge in [-0.2, -0.15) is 13.2 Å². The van der Waals surface area contributed by atoms with E-state index in [2.05, 4.69) is 29.9 Å². The van der Waals surface area contributed by atoms with Crippen molar-refractivity contribution in [2.45, 2.75) is 69.6 Å². The lowest BCUT2D eigenvalue weighted by Crippen LogP contribution is -2.53. The van der Waals surface area contributed by atoms with Gasteiger partial charge in [0.2, 0.25) is 0 Å². The predicted octanol–water partition coefficient (Wildman–Crippen LogP) is 7.00. The number of piperidine rings is 1. The van der Waals surface area contributed by atoms with Crippen molar-refractivity contribution >= 4 is 24.7 Å². The highest BCUT2D eigenvalue weighted by molar-refractivity contribution is 6.76. The van der Waals surface area contributed by atoms with E-state index in [1.807, 2.05) is 36.4 Å². The number of likely N-dealkylation sites (tertiary alicyclic amines) is 1. The van der Waals surface area contributed by atoms with Crippen LogP contribution in [0.3, 0.4) is 0 Å². The highest BCUT2D eigenvalue weighted by atomic mass is 28.3. The molecule has 0 saturated carbocycles. The molecule has 1 fully saturated rings. The Morgan fingerprint density at radius 1 is 1.10 bits per heavy atom. The Morgan fingerprint density at radius 3 is 2.65 bits per heavy atom. The third-order valence-electron chi connectivity index (χ3n) is 8.02. The standard InChI is InChI=1S/C30H40F3N3O3Si/c1-37-21-9-8-14-35(18-21)26-19-39-27-13-6-5-10-22(27)29(26)34-24-11-7-12-25-23(24)17-28(30(31,32)33)36(25)20-38-15-16-40(2,3)4/h5-7,10-13,17,21,26,29,34H,8-9,14-16,18-20H2,1-4H3/t21-,26-,29-/m0/s1. The van der Waals surface area contributed by atoms with Crippen LogP contribution >= 0.6 is 0 Å². The Bertz CT molecular complexity index is 1310. The number of halogens is 3. The molecular formula is C30H40F3N3O3Si. The maximum Gasteiger partial charge on any atom is 0.431 e. The largest absolute Gasteiger partial charge is 0.491 e. The van der Waals surface area contributed by atoms with Gasteiger partial charge in [-0.3, -0.25) is 4.90 Å². The maximum atomic E-state index is 14.2. The quantitative estimate of drug-likeness (QED) is 0.220. The van der Waals surface area contributed by atoms with Gasteiger partial charge < -0.3 is 24.1 Å². The van der Waals surface area contributed by atoms with E-state index in [1.54, 1.807) is 13.2 Å². The lowest BCUT2D eigenvalue weighted by molar-refractivity contribution is -0.145. The zero-order valence-electron chi connectivity index (χ0n) is 23.8. The summed E-state index contributed by atoms with van der Waals surface area (Å²) in [6.45, 7) is 9.18. The van der Waals surface area contributed by atoms with Gasteiger partial charge in [-0.1, -0.05) is 43.9 Å². The number of rotatable bonds is 9. The first-order valence-corrected chi connectivity index (χ1v) is 17.8. The number of aromatic nitrogens is 1. The van der Waals surface area contributed by atoms with Gasteiger partial charge >= 0.3 is 6.18 Å². The first kappa shape index (κ1) is 29.0. The molecule has 1 saturated heterocycles. The minimum Gasteiger partial charge on any atom is -0.491 e. The molecule has 2 aromatic carbocycles. The van der Waals surface area contributed by atoms with E-state index in [-0.39, 0.29) is 24.9 Å². The highest BCUT2D eigenvalue weighted by Crippen LogP contribution is 2.41. The normalized spacial score (nSPS) is 22.2. The number of ether oxygens (including phenoxy) is 3. The lowest BCUT2D eigenvalue weighted by atomic mass is 9.92. The maximum absolute atomic E-state index is 14.2. The molecule has 40 heavy (non-hydrogen) atoms.